The number of nitrogens with zero attached hydrogens (tertiary/aromatic N) is 1. The van der Waals surface area contributed by atoms with Crippen LogP contribution < -0.4 is 0 Å². The van der Waals surface area contributed by atoms with Crippen LogP contribution in [0.3, 0.4) is 0 Å². The molecule has 2 aromatic rings. The molecule has 0 unspecified atom stereocenters. The van der Waals surface area contributed by atoms with Crippen LogP contribution in [0.25, 0.3) is 0 Å². The second-order valence-corrected chi connectivity index (χ2v) is 9.44. The Morgan fingerprint density at radius 2 is 1.77 bits per heavy atom. The SMILES string of the molecule is Cc1ccc(S(=O)(=O)N2C[C@@H](c3ccc(Cl)cc3)[C@H]3CCCO[C@H]32)cc1. The van der Waals surface area contributed by atoms with Gasteiger partial charge in [0.15, 0.2) is 0 Å². The van der Waals surface area contributed by atoms with E-state index in [1.54, 1.807) is 16.4 Å². The minimum atomic E-state index is -3.59. The van der Waals surface area contributed by atoms with Crippen LogP contribution in [0.2, 0.25) is 5.02 Å². The number of aryl methyl sites for hydroxylation is 1. The highest BCUT2D eigenvalue weighted by Crippen LogP contribution is 2.45. The standard InChI is InChI=1S/C20H22ClNO3S/c1-14-4-10-17(11-5-14)26(23,24)22-13-19(15-6-8-16(21)9-7-15)18-3-2-12-25-20(18)22/h4-11,18-20H,2-3,12-13H2,1H3/t18-,19+,20-/m1/s1. The summed E-state index contributed by atoms with van der Waals surface area (Å²) in [5.74, 6) is 0.294. The van der Waals surface area contributed by atoms with Crippen molar-refractivity contribution in [3.05, 3.63) is 64.7 Å². The molecule has 26 heavy (non-hydrogen) atoms. The molecule has 138 valence electrons. The largest absolute Gasteiger partial charge is 0.362 e. The maximum atomic E-state index is 13.3. The first-order valence-corrected chi connectivity index (χ1v) is 10.7. The average molecular weight is 392 g/mol. The molecule has 2 aromatic carbocycles. The van der Waals surface area contributed by atoms with Gasteiger partial charge < -0.3 is 4.74 Å². The van der Waals surface area contributed by atoms with Crippen molar-refractivity contribution in [1.29, 1.82) is 0 Å². The molecular weight excluding hydrogens is 370 g/mol. The third-order valence-electron chi connectivity index (χ3n) is 5.44. The van der Waals surface area contributed by atoms with Gasteiger partial charge in [0.1, 0.15) is 6.23 Å². The predicted molar refractivity (Wildman–Crippen MR) is 102 cm³/mol. The van der Waals surface area contributed by atoms with Crippen LogP contribution in [0.15, 0.2) is 53.4 Å². The van der Waals surface area contributed by atoms with Gasteiger partial charge in [0.25, 0.3) is 0 Å². The number of ether oxygens (including phenoxy) is 1. The summed E-state index contributed by atoms with van der Waals surface area (Å²) < 4.78 is 34.0. The van der Waals surface area contributed by atoms with Gasteiger partial charge in [-0.1, -0.05) is 41.4 Å². The maximum absolute atomic E-state index is 13.3. The van der Waals surface area contributed by atoms with Crippen LogP contribution in [-0.2, 0) is 14.8 Å². The minimum Gasteiger partial charge on any atom is -0.362 e. The Balaban J connectivity index is 1.70. The smallest absolute Gasteiger partial charge is 0.245 e. The Hall–Kier alpha value is -1.40. The number of halogens is 1. The fourth-order valence-corrected chi connectivity index (χ4v) is 5.79. The van der Waals surface area contributed by atoms with E-state index in [1.165, 1.54) is 0 Å². The Labute approximate surface area is 159 Å². The summed E-state index contributed by atoms with van der Waals surface area (Å²) in [5.41, 5.74) is 2.16. The van der Waals surface area contributed by atoms with Gasteiger partial charge in [-0.15, -0.1) is 0 Å². The fraction of sp³-hybridized carbons (Fsp3) is 0.400. The Bertz CT molecular complexity index is 880. The summed E-state index contributed by atoms with van der Waals surface area (Å²) in [6.45, 7) is 2.99. The van der Waals surface area contributed by atoms with Crippen molar-refractivity contribution >= 4 is 21.6 Å². The third kappa shape index (κ3) is 3.18. The quantitative estimate of drug-likeness (QED) is 0.788. The molecule has 4 rings (SSSR count). The van der Waals surface area contributed by atoms with Gasteiger partial charge in [0.05, 0.1) is 4.90 Å². The van der Waals surface area contributed by atoms with E-state index in [0.717, 1.165) is 24.0 Å². The van der Waals surface area contributed by atoms with E-state index < -0.39 is 16.3 Å². The molecule has 0 amide bonds. The summed E-state index contributed by atoms with van der Waals surface area (Å²) in [6, 6.07) is 14.8. The average Bonchev–Trinajstić information content (AvgIpc) is 3.03. The molecule has 6 heteroatoms. The van der Waals surface area contributed by atoms with Crippen LogP contribution in [0.1, 0.15) is 29.9 Å². The lowest BCUT2D eigenvalue weighted by molar-refractivity contribution is -0.0582. The summed E-state index contributed by atoms with van der Waals surface area (Å²) in [4.78, 5) is 0.327. The molecular formula is C20H22ClNO3S. The molecule has 2 aliphatic rings. The lowest BCUT2D eigenvalue weighted by atomic mass is 9.84. The first-order chi connectivity index (χ1) is 12.5. The van der Waals surface area contributed by atoms with Crippen molar-refractivity contribution in [3.63, 3.8) is 0 Å². The molecule has 0 radical (unpaired) electrons. The molecule has 0 saturated carbocycles. The topological polar surface area (TPSA) is 46.6 Å². The highest BCUT2D eigenvalue weighted by Gasteiger charge is 2.49. The van der Waals surface area contributed by atoms with Gasteiger partial charge in [0.2, 0.25) is 10.0 Å². The molecule has 2 saturated heterocycles. The fourth-order valence-electron chi connectivity index (χ4n) is 4.06. The number of hydrogen-bond acceptors (Lipinski definition) is 3. The van der Waals surface area contributed by atoms with E-state index in [-0.39, 0.29) is 11.8 Å². The summed E-state index contributed by atoms with van der Waals surface area (Å²) in [7, 11) is -3.59. The van der Waals surface area contributed by atoms with Crippen molar-refractivity contribution in [2.75, 3.05) is 13.2 Å². The van der Waals surface area contributed by atoms with Gasteiger partial charge >= 0.3 is 0 Å². The minimum absolute atomic E-state index is 0.123. The van der Waals surface area contributed by atoms with Gasteiger partial charge in [0, 0.05) is 30.0 Å². The number of rotatable bonds is 3. The summed E-state index contributed by atoms with van der Waals surface area (Å²) >= 11 is 6.02. The normalized spacial score (nSPS) is 26.6. The van der Waals surface area contributed by atoms with Crippen LogP contribution >= 0.6 is 11.6 Å². The maximum Gasteiger partial charge on any atom is 0.245 e. The number of fused-ring (bicyclic) bond motifs is 1. The third-order valence-corrected chi connectivity index (χ3v) is 7.53. The van der Waals surface area contributed by atoms with Gasteiger partial charge in [-0.2, -0.15) is 4.31 Å². The lowest BCUT2D eigenvalue weighted by Gasteiger charge is -2.32. The van der Waals surface area contributed by atoms with Crippen LogP contribution in [0, 0.1) is 12.8 Å². The Morgan fingerprint density at radius 1 is 1.08 bits per heavy atom. The van der Waals surface area contributed by atoms with Gasteiger partial charge in [-0.3, -0.25) is 0 Å². The number of hydrogen-bond donors (Lipinski definition) is 0. The van der Waals surface area contributed by atoms with Gasteiger partial charge in [-0.05, 0) is 49.6 Å². The van der Waals surface area contributed by atoms with Crippen LogP contribution in [0.5, 0.6) is 0 Å². The zero-order valence-electron chi connectivity index (χ0n) is 14.6. The summed E-state index contributed by atoms with van der Waals surface area (Å²) in [5, 5.41) is 0.687. The molecule has 0 spiro atoms. The molecule has 0 aliphatic carbocycles. The molecule has 2 fully saturated rings. The van der Waals surface area contributed by atoms with Crippen LogP contribution in [-0.4, -0.2) is 32.1 Å². The summed E-state index contributed by atoms with van der Waals surface area (Å²) in [6.07, 6.45) is 1.54. The molecule has 3 atom stereocenters. The molecule has 2 aliphatic heterocycles. The first kappa shape index (κ1) is 18.0. The van der Waals surface area contributed by atoms with Crippen molar-refractivity contribution < 1.29 is 13.2 Å². The van der Waals surface area contributed by atoms with E-state index in [0.29, 0.717) is 23.1 Å². The van der Waals surface area contributed by atoms with E-state index >= 15 is 0 Å². The molecule has 4 nitrogen and oxygen atoms in total. The Morgan fingerprint density at radius 3 is 2.46 bits per heavy atom. The van der Waals surface area contributed by atoms with Crippen molar-refractivity contribution in [2.24, 2.45) is 5.92 Å². The number of benzene rings is 2. The van der Waals surface area contributed by atoms with Crippen molar-refractivity contribution in [1.82, 2.24) is 4.31 Å². The number of sulfonamides is 1. The van der Waals surface area contributed by atoms with E-state index in [2.05, 4.69) is 0 Å². The van der Waals surface area contributed by atoms with Gasteiger partial charge in [-0.25, -0.2) is 8.42 Å². The lowest BCUT2D eigenvalue weighted by Crippen LogP contribution is -2.41. The monoisotopic (exact) mass is 391 g/mol. The highest BCUT2D eigenvalue weighted by atomic mass is 35.5. The zero-order valence-corrected chi connectivity index (χ0v) is 16.2. The second-order valence-electron chi connectivity index (χ2n) is 7.11. The zero-order chi connectivity index (χ0) is 18.3. The van der Waals surface area contributed by atoms with Crippen molar-refractivity contribution in [2.45, 2.75) is 36.8 Å². The highest BCUT2D eigenvalue weighted by molar-refractivity contribution is 7.89. The predicted octanol–water partition coefficient (Wildman–Crippen LogP) is 4.19. The first-order valence-electron chi connectivity index (χ1n) is 8.92. The molecule has 0 N–H and O–H groups in total. The van der Waals surface area contributed by atoms with Crippen LogP contribution in [0.4, 0.5) is 0 Å². The van der Waals surface area contributed by atoms with E-state index in [9.17, 15) is 8.42 Å². The second kappa shape index (κ2) is 6.97. The molecule has 0 aromatic heterocycles. The van der Waals surface area contributed by atoms with Crippen molar-refractivity contribution in [3.8, 4) is 0 Å². The molecule has 0 bridgehead atoms. The molecule has 2 heterocycles. The Kier molecular flexibility index (Phi) is 4.82. The van der Waals surface area contributed by atoms with E-state index in [1.807, 2.05) is 43.3 Å². The van der Waals surface area contributed by atoms with E-state index in [4.69, 9.17) is 16.3 Å².